The van der Waals surface area contributed by atoms with Crippen LogP contribution in [0.1, 0.15) is 18.9 Å². The Morgan fingerprint density at radius 3 is 2.93 bits per heavy atom. The van der Waals surface area contributed by atoms with Gasteiger partial charge >= 0.3 is 0 Å². The Hall–Kier alpha value is -0.670. The highest BCUT2D eigenvalue weighted by atomic mass is 32.2. The molecular weight excluding hydrogens is 206 g/mol. The third-order valence-electron chi connectivity index (χ3n) is 2.87. The van der Waals surface area contributed by atoms with Crippen LogP contribution in [-0.2, 0) is 4.74 Å². The molecule has 2 N–H and O–H groups in total. The van der Waals surface area contributed by atoms with Crippen molar-refractivity contribution in [2.45, 2.75) is 36.5 Å². The normalized spacial score (nSPS) is 25.7. The van der Waals surface area contributed by atoms with Gasteiger partial charge in [-0.15, -0.1) is 11.8 Å². The van der Waals surface area contributed by atoms with E-state index in [1.54, 1.807) is 0 Å². The summed E-state index contributed by atoms with van der Waals surface area (Å²) in [6.07, 6.45) is 1.47. The fourth-order valence-corrected chi connectivity index (χ4v) is 3.04. The van der Waals surface area contributed by atoms with Crippen LogP contribution < -0.4 is 5.73 Å². The molecular formula is C12H17NOS. The average molecular weight is 223 g/mol. The number of aryl methyl sites for hydroxylation is 1. The molecule has 0 saturated carbocycles. The maximum absolute atomic E-state index is 6.04. The summed E-state index contributed by atoms with van der Waals surface area (Å²) >= 11 is 1.85. The molecule has 1 aromatic carbocycles. The fourth-order valence-electron chi connectivity index (χ4n) is 1.79. The molecule has 0 aliphatic carbocycles. The van der Waals surface area contributed by atoms with E-state index < -0.39 is 0 Å². The lowest BCUT2D eigenvalue weighted by Gasteiger charge is -2.15. The van der Waals surface area contributed by atoms with E-state index >= 15 is 0 Å². The molecule has 2 nitrogen and oxygen atoms in total. The third-order valence-corrected chi connectivity index (χ3v) is 4.40. The van der Waals surface area contributed by atoms with Crippen molar-refractivity contribution in [3.8, 4) is 0 Å². The first kappa shape index (κ1) is 10.8. The molecule has 0 amide bonds. The van der Waals surface area contributed by atoms with Gasteiger partial charge in [0, 0.05) is 22.4 Å². The number of rotatable bonds is 2. The van der Waals surface area contributed by atoms with Gasteiger partial charge in [-0.2, -0.15) is 0 Å². The number of nitrogens with two attached hydrogens (primary N) is 1. The Morgan fingerprint density at radius 1 is 1.47 bits per heavy atom. The van der Waals surface area contributed by atoms with Crippen LogP contribution >= 0.6 is 11.8 Å². The number of para-hydroxylation sites is 1. The second-order valence-electron chi connectivity index (χ2n) is 4.01. The molecule has 1 saturated heterocycles. The Labute approximate surface area is 95.2 Å². The summed E-state index contributed by atoms with van der Waals surface area (Å²) in [5.74, 6) is 0. The van der Waals surface area contributed by atoms with Crippen molar-refractivity contribution in [1.29, 1.82) is 0 Å². The van der Waals surface area contributed by atoms with Crippen molar-refractivity contribution in [3.63, 3.8) is 0 Å². The average Bonchev–Trinajstić information content (AvgIpc) is 2.60. The molecule has 15 heavy (non-hydrogen) atoms. The van der Waals surface area contributed by atoms with Gasteiger partial charge in [0.25, 0.3) is 0 Å². The van der Waals surface area contributed by atoms with E-state index in [4.69, 9.17) is 10.5 Å². The smallest absolute Gasteiger partial charge is 0.0669 e. The van der Waals surface area contributed by atoms with Gasteiger partial charge in [-0.05, 0) is 31.9 Å². The van der Waals surface area contributed by atoms with E-state index in [2.05, 4.69) is 19.1 Å². The van der Waals surface area contributed by atoms with Crippen molar-refractivity contribution >= 4 is 17.4 Å². The quantitative estimate of drug-likeness (QED) is 0.783. The molecule has 1 fully saturated rings. The maximum atomic E-state index is 6.04. The van der Waals surface area contributed by atoms with Crippen LogP contribution in [0.2, 0.25) is 0 Å². The molecule has 2 unspecified atom stereocenters. The second kappa shape index (κ2) is 4.45. The maximum Gasteiger partial charge on any atom is 0.0669 e. The lowest BCUT2D eigenvalue weighted by molar-refractivity contribution is 0.127. The first-order valence-electron chi connectivity index (χ1n) is 5.32. The molecule has 1 aromatic rings. The number of ether oxygens (including phenoxy) is 1. The molecule has 1 aliphatic rings. The summed E-state index contributed by atoms with van der Waals surface area (Å²) in [4.78, 5) is 1.19. The molecule has 0 aromatic heterocycles. The van der Waals surface area contributed by atoms with Crippen molar-refractivity contribution in [2.24, 2.45) is 0 Å². The van der Waals surface area contributed by atoms with Crippen LogP contribution in [0.25, 0.3) is 0 Å². The molecule has 2 atom stereocenters. The first-order valence-corrected chi connectivity index (χ1v) is 6.20. The highest BCUT2D eigenvalue weighted by Gasteiger charge is 2.25. The molecule has 1 aliphatic heterocycles. The van der Waals surface area contributed by atoms with Crippen LogP contribution in [0.15, 0.2) is 23.1 Å². The summed E-state index contributed by atoms with van der Waals surface area (Å²) in [5.41, 5.74) is 8.12. The predicted molar refractivity (Wildman–Crippen MR) is 65.3 cm³/mol. The number of anilines is 1. The Bertz CT molecular complexity index is 353. The van der Waals surface area contributed by atoms with Crippen molar-refractivity contribution in [2.75, 3.05) is 12.3 Å². The Balaban J connectivity index is 2.13. The van der Waals surface area contributed by atoms with Crippen LogP contribution in [0.5, 0.6) is 0 Å². The largest absolute Gasteiger partial charge is 0.398 e. The van der Waals surface area contributed by atoms with Gasteiger partial charge in [0.1, 0.15) is 0 Å². The topological polar surface area (TPSA) is 35.2 Å². The molecule has 3 heteroatoms. The van der Waals surface area contributed by atoms with Gasteiger partial charge in [-0.25, -0.2) is 0 Å². The molecule has 2 rings (SSSR count). The second-order valence-corrected chi connectivity index (χ2v) is 5.29. The van der Waals surface area contributed by atoms with Crippen LogP contribution in [0.4, 0.5) is 5.69 Å². The first-order chi connectivity index (χ1) is 7.18. The lowest BCUT2D eigenvalue weighted by Crippen LogP contribution is -2.13. The number of hydrogen-bond donors (Lipinski definition) is 1. The minimum absolute atomic E-state index is 0.343. The van der Waals surface area contributed by atoms with Crippen molar-refractivity contribution < 1.29 is 4.74 Å². The Kier molecular flexibility index (Phi) is 3.22. The Morgan fingerprint density at radius 2 is 2.27 bits per heavy atom. The summed E-state index contributed by atoms with van der Waals surface area (Å²) in [7, 11) is 0. The summed E-state index contributed by atoms with van der Waals surface area (Å²) in [5, 5.41) is 0.550. The minimum atomic E-state index is 0.343. The standard InChI is InChI=1S/C12H17NOS/c1-8-4-3-5-11(12(8)13)15-10-6-7-14-9(10)2/h3-5,9-10H,6-7,13H2,1-2H3. The van der Waals surface area contributed by atoms with E-state index in [1.807, 2.05) is 24.8 Å². The fraction of sp³-hybridized carbons (Fsp3) is 0.500. The third kappa shape index (κ3) is 2.29. The van der Waals surface area contributed by atoms with Crippen LogP contribution in [0.3, 0.4) is 0 Å². The molecule has 1 heterocycles. The molecule has 0 spiro atoms. The van der Waals surface area contributed by atoms with Crippen LogP contribution in [-0.4, -0.2) is 18.0 Å². The van der Waals surface area contributed by atoms with Gasteiger partial charge < -0.3 is 10.5 Å². The van der Waals surface area contributed by atoms with Gasteiger partial charge in [0.15, 0.2) is 0 Å². The van der Waals surface area contributed by atoms with Crippen molar-refractivity contribution in [3.05, 3.63) is 23.8 Å². The minimum Gasteiger partial charge on any atom is -0.398 e. The number of nitrogen functional groups attached to an aromatic ring is 1. The zero-order valence-corrected chi connectivity index (χ0v) is 10.0. The molecule has 82 valence electrons. The van der Waals surface area contributed by atoms with Crippen molar-refractivity contribution in [1.82, 2.24) is 0 Å². The summed E-state index contributed by atoms with van der Waals surface area (Å²) in [6, 6.07) is 6.21. The van der Waals surface area contributed by atoms with Gasteiger partial charge in [-0.3, -0.25) is 0 Å². The zero-order chi connectivity index (χ0) is 10.8. The van der Waals surface area contributed by atoms with Gasteiger partial charge in [-0.1, -0.05) is 12.1 Å². The lowest BCUT2D eigenvalue weighted by atomic mass is 10.2. The zero-order valence-electron chi connectivity index (χ0n) is 9.19. The SMILES string of the molecule is Cc1cccc(SC2CCOC2C)c1N. The molecule has 0 radical (unpaired) electrons. The number of hydrogen-bond acceptors (Lipinski definition) is 3. The van der Waals surface area contributed by atoms with E-state index in [-0.39, 0.29) is 0 Å². The highest BCUT2D eigenvalue weighted by molar-refractivity contribution is 8.00. The van der Waals surface area contributed by atoms with E-state index in [0.717, 1.165) is 24.3 Å². The molecule has 0 bridgehead atoms. The number of thioether (sulfide) groups is 1. The van der Waals surface area contributed by atoms with E-state index in [0.29, 0.717) is 11.4 Å². The predicted octanol–water partition coefficient (Wildman–Crippen LogP) is 2.85. The van der Waals surface area contributed by atoms with E-state index in [9.17, 15) is 0 Å². The highest BCUT2D eigenvalue weighted by Crippen LogP contribution is 2.36. The van der Waals surface area contributed by atoms with E-state index in [1.165, 1.54) is 4.90 Å². The van der Waals surface area contributed by atoms with Gasteiger partial charge in [0.05, 0.1) is 6.10 Å². The summed E-state index contributed by atoms with van der Waals surface area (Å²) in [6.45, 7) is 5.06. The summed E-state index contributed by atoms with van der Waals surface area (Å²) < 4.78 is 5.55. The van der Waals surface area contributed by atoms with Crippen LogP contribution in [0, 0.1) is 6.92 Å². The monoisotopic (exact) mass is 223 g/mol. The van der Waals surface area contributed by atoms with Gasteiger partial charge in [0.2, 0.25) is 0 Å². The number of benzene rings is 1.